The molecule has 0 radical (unpaired) electrons. The van der Waals surface area contributed by atoms with Crippen LogP contribution in [0.5, 0.6) is 0 Å². The summed E-state index contributed by atoms with van der Waals surface area (Å²) in [6.45, 7) is 2.38. The van der Waals surface area contributed by atoms with Gasteiger partial charge in [-0.2, -0.15) is 0 Å². The van der Waals surface area contributed by atoms with Crippen molar-refractivity contribution in [1.29, 1.82) is 0 Å². The molecule has 0 aromatic heterocycles. The molecular formula is C22H26ClN3O5S. The molecule has 0 fully saturated rings. The Morgan fingerprint density at radius 3 is 2.31 bits per heavy atom. The zero-order valence-corrected chi connectivity index (χ0v) is 19.9. The molecular weight excluding hydrogens is 454 g/mol. The van der Waals surface area contributed by atoms with Crippen LogP contribution in [-0.2, 0) is 26.2 Å². The molecule has 0 spiro atoms. The second-order valence-corrected chi connectivity index (χ2v) is 9.59. The number of likely N-dealkylation sites (N-methyl/N-ethyl adjacent to an activating group) is 1. The van der Waals surface area contributed by atoms with Gasteiger partial charge in [0.1, 0.15) is 12.6 Å². The molecule has 0 aliphatic carbocycles. The topological polar surface area (TPSA) is 104 Å². The second kappa shape index (κ2) is 10.6. The van der Waals surface area contributed by atoms with Gasteiger partial charge in [-0.15, -0.1) is 0 Å². The molecule has 8 nitrogen and oxygen atoms in total. The minimum Gasteiger partial charge on any atom is -0.357 e. The van der Waals surface area contributed by atoms with Crippen LogP contribution in [0.2, 0.25) is 5.02 Å². The Kier molecular flexibility index (Phi) is 8.40. The number of carbonyl (C=O) groups excluding carboxylic acids is 3. The number of halogens is 1. The van der Waals surface area contributed by atoms with Crippen molar-refractivity contribution >= 4 is 44.9 Å². The Bertz CT molecular complexity index is 1120. The number of nitrogens with one attached hydrogen (secondary N) is 1. The van der Waals surface area contributed by atoms with Crippen LogP contribution in [0, 0.1) is 0 Å². The largest absolute Gasteiger partial charge is 0.357 e. The van der Waals surface area contributed by atoms with Crippen molar-refractivity contribution in [2.75, 3.05) is 24.2 Å². The highest BCUT2D eigenvalue weighted by Gasteiger charge is 2.30. The molecule has 0 aliphatic heterocycles. The van der Waals surface area contributed by atoms with Gasteiger partial charge in [0.2, 0.25) is 21.8 Å². The van der Waals surface area contributed by atoms with Gasteiger partial charge in [-0.05, 0) is 37.6 Å². The third kappa shape index (κ3) is 6.30. The van der Waals surface area contributed by atoms with E-state index >= 15 is 0 Å². The van der Waals surface area contributed by atoms with Gasteiger partial charge in [0.05, 0.1) is 11.9 Å². The van der Waals surface area contributed by atoms with Crippen LogP contribution in [0.3, 0.4) is 0 Å². The van der Waals surface area contributed by atoms with Crippen LogP contribution in [0.1, 0.15) is 29.8 Å². The van der Waals surface area contributed by atoms with E-state index in [4.69, 9.17) is 11.6 Å². The summed E-state index contributed by atoms with van der Waals surface area (Å²) in [5.74, 6) is -1.24. The van der Waals surface area contributed by atoms with E-state index in [-0.39, 0.29) is 18.0 Å². The fraction of sp³-hybridized carbons (Fsp3) is 0.318. The second-order valence-electron chi connectivity index (χ2n) is 7.28. The summed E-state index contributed by atoms with van der Waals surface area (Å²) in [7, 11) is -2.42. The normalized spacial score (nSPS) is 12.0. The monoisotopic (exact) mass is 479 g/mol. The number of hydrogen-bond acceptors (Lipinski definition) is 5. The average molecular weight is 480 g/mol. The Balaban J connectivity index is 2.43. The fourth-order valence-electron chi connectivity index (χ4n) is 3.10. The zero-order valence-electron chi connectivity index (χ0n) is 18.3. The van der Waals surface area contributed by atoms with Gasteiger partial charge in [0.15, 0.2) is 5.78 Å². The highest BCUT2D eigenvalue weighted by molar-refractivity contribution is 7.92. The van der Waals surface area contributed by atoms with Crippen LogP contribution >= 0.6 is 11.6 Å². The molecule has 0 unspecified atom stereocenters. The lowest BCUT2D eigenvalue weighted by Gasteiger charge is -2.31. The molecule has 2 rings (SSSR count). The van der Waals surface area contributed by atoms with E-state index in [1.54, 1.807) is 43.3 Å². The molecule has 0 aliphatic rings. The number of anilines is 1. The Hall–Kier alpha value is -2.91. The van der Waals surface area contributed by atoms with Crippen LogP contribution in [0.15, 0.2) is 48.5 Å². The average Bonchev–Trinajstić information content (AvgIpc) is 2.74. The SMILES string of the molecule is CNC(=O)[C@@H](C)N(Cc1ccccc1Cl)C(=O)CN(c1cccc(C(C)=O)c1)S(C)(=O)=O. The fourth-order valence-corrected chi connectivity index (χ4v) is 4.13. The van der Waals surface area contributed by atoms with Gasteiger partial charge in [0, 0.05) is 24.2 Å². The number of benzene rings is 2. The molecule has 1 atom stereocenters. The number of carbonyl (C=O) groups is 3. The van der Waals surface area contributed by atoms with Gasteiger partial charge < -0.3 is 10.2 Å². The molecule has 0 heterocycles. The van der Waals surface area contributed by atoms with Crippen LogP contribution in [0.25, 0.3) is 0 Å². The number of sulfonamides is 1. The molecule has 2 aromatic carbocycles. The quantitative estimate of drug-likeness (QED) is 0.556. The minimum absolute atomic E-state index is 0.0121. The van der Waals surface area contributed by atoms with E-state index in [1.807, 2.05) is 0 Å². The third-order valence-corrected chi connectivity index (χ3v) is 6.44. The maximum atomic E-state index is 13.3. The van der Waals surface area contributed by atoms with E-state index in [2.05, 4.69) is 5.32 Å². The molecule has 2 amide bonds. The highest BCUT2D eigenvalue weighted by Crippen LogP contribution is 2.22. The lowest BCUT2D eigenvalue weighted by atomic mass is 10.1. The maximum Gasteiger partial charge on any atom is 0.244 e. The van der Waals surface area contributed by atoms with Crippen molar-refractivity contribution in [3.05, 3.63) is 64.7 Å². The number of hydrogen-bond donors (Lipinski definition) is 1. The van der Waals surface area contributed by atoms with Crippen molar-refractivity contribution in [2.45, 2.75) is 26.4 Å². The van der Waals surface area contributed by atoms with E-state index in [0.717, 1.165) is 10.6 Å². The van der Waals surface area contributed by atoms with Crippen molar-refractivity contribution in [2.24, 2.45) is 0 Å². The van der Waals surface area contributed by atoms with Crippen LogP contribution < -0.4 is 9.62 Å². The van der Waals surface area contributed by atoms with Gasteiger partial charge in [-0.1, -0.05) is 41.9 Å². The summed E-state index contributed by atoms with van der Waals surface area (Å²) in [6.07, 6.45) is 0.974. The Labute approximate surface area is 193 Å². The summed E-state index contributed by atoms with van der Waals surface area (Å²) in [5.41, 5.74) is 1.11. The number of ketones is 1. The number of nitrogens with zero attached hydrogens (tertiary/aromatic N) is 2. The predicted octanol–water partition coefficient (Wildman–Crippen LogP) is 2.47. The smallest absolute Gasteiger partial charge is 0.244 e. The summed E-state index contributed by atoms with van der Waals surface area (Å²) >= 11 is 6.24. The van der Waals surface area contributed by atoms with Gasteiger partial charge >= 0.3 is 0 Å². The minimum atomic E-state index is -3.87. The Morgan fingerprint density at radius 2 is 1.75 bits per heavy atom. The van der Waals surface area contributed by atoms with E-state index < -0.39 is 34.4 Å². The lowest BCUT2D eigenvalue weighted by molar-refractivity contribution is -0.139. The first-order chi connectivity index (χ1) is 15.0. The first-order valence-electron chi connectivity index (χ1n) is 9.79. The molecule has 0 saturated heterocycles. The lowest BCUT2D eigenvalue weighted by Crippen LogP contribution is -2.50. The molecule has 10 heteroatoms. The number of rotatable bonds is 9. The summed E-state index contributed by atoms with van der Waals surface area (Å²) in [6, 6.07) is 12.0. The standard InChI is InChI=1S/C22H26ClN3O5S/c1-15(22(29)24-3)25(13-18-8-5-6-11-20(18)23)21(28)14-26(32(4,30)31)19-10-7-9-17(12-19)16(2)27/h5-12,15H,13-14H2,1-4H3,(H,24,29)/t15-/m1/s1. The van der Waals surface area contributed by atoms with Gasteiger partial charge in [-0.3, -0.25) is 18.7 Å². The predicted molar refractivity (Wildman–Crippen MR) is 124 cm³/mol. The van der Waals surface area contributed by atoms with Crippen molar-refractivity contribution in [3.63, 3.8) is 0 Å². The highest BCUT2D eigenvalue weighted by atomic mass is 35.5. The maximum absolute atomic E-state index is 13.3. The summed E-state index contributed by atoms with van der Waals surface area (Å²) in [4.78, 5) is 38.6. The van der Waals surface area contributed by atoms with Crippen molar-refractivity contribution in [3.8, 4) is 0 Å². The molecule has 32 heavy (non-hydrogen) atoms. The van der Waals surface area contributed by atoms with Crippen LogP contribution in [0.4, 0.5) is 5.69 Å². The molecule has 2 aromatic rings. The summed E-state index contributed by atoms with van der Waals surface area (Å²) in [5, 5.41) is 2.92. The molecule has 172 valence electrons. The van der Waals surface area contributed by atoms with Crippen molar-refractivity contribution in [1.82, 2.24) is 10.2 Å². The van der Waals surface area contributed by atoms with Gasteiger partial charge in [-0.25, -0.2) is 8.42 Å². The Morgan fingerprint density at radius 1 is 1.09 bits per heavy atom. The third-order valence-electron chi connectivity index (χ3n) is 4.93. The van der Waals surface area contributed by atoms with Crippen molar-refractivity contribution < 1.29 is 22.8 Å². The zero-order chi connectivity index (χ0) is 24.1. The first kappa shape index (κ1) is 25.4. The molecule has 0 saturated carbocycles. The number of Topliss-reactive ketones (excluding diaryl/α,β-unsaturated/α-hetero) is 1. The van der Waals surface area contributed by atoms with E-state index in [0.29, 0.717) is 16.1 Å². The molecule has 0 bridgehead atoms. The summed E-state index contributed by atoms with van der Waals surface area (Å²) < 4.78 is 25.9. The van der Waals surface area contributed by atoms with Crippen LogP contribution in [-0.4, -0.2) is 56.8 Å². The van der Waals surface area contributed by atoms with E-state index in [9.17, 15) is 22.8 Å². The molecule has 1 N–H and O–H groups in total. The van der Waals surface area contributed by atoms with E-state index in [1.165, 1.54) is 31.0 Å². The van der Waals surface area contributed by atoms with Gasteiger partial charge in [0.25, 0.3) is 0 Å². The number of amides is 2. The first-order valence-corrected chi connectivity index (χ1v) is 12.0.